The molecule has 0 amide bonds. The summed E-state index contributed by atoms with van der Waals surface area (Å²) in [5.74, 6) is -0.410. The molecule has 0 radical (unpaired) electrons. The summed E-state index contributed by atoms with van der Waals surface area (Å²) in [7, 11) is 0. The monoisotopic (exact) mass is 460 g/mol. The summed E-state index contributed by atoms with van der Waals surface area (Å²) in [5.41, 5.74) is 2.61. The molecule has 0 bridgehead atoms. The minimum Gasteiger partial charge on any atom is -1.00 e. The fourth-order valence-electron chi connectivity index (χ4n) is 3.58. The van der Waals surface area contributed by atoms with E-state index in [-0.39, 0.29) is 22.5 Å². The molecule has 0 saturated heterocycles. The van der Waals surface area contributed by atoms with Crippen LogP contribution in [0.1, 0.15) is 15.9 Å². The van der Waals surface area contributed by atoms with Crippen molar-refractivity contribution in [2.75, 3.05) is 0 Å². The summed E-state index contributed by atoms with van der Waals surface area (Å²) in [4.78, 5) is 25.8. The van der Waals surface area contributed by atoms with Crippen molar-refractivity contribution in [1.29, 1.82) is 0 Å². The van der Waals surface area contributed by atoms with Crippen LogP contribution in [0.15, 0.2) is 100 Å². The molecule has 0 aliphatic rings. The molecular weight excluding hydrogens is 444 g/mol. The predicted octanol–water partition coefficient (Wildman–Crippen LogP) is 0.776. The Morgan fingerprint density at radius 3 is 2.43 bits per heavy atom. The number of aromatic nitrogens is 2. The molecule has 5 aromatic rings. The Hall–Kier alpha value is -3.51. The van der Waals surface area contributed by atoms with E-state index >= 15 is 0 Å². The van der Waals surface area contributed by atoms with Crippen LogP contribution < -0.4 is 27.2 Å². The summed E-state index contributed by atoms with van der Waals surface area (Å²) in [6.45, 7) is 0.619. The maximum absolute atomic E-state index is 13.3. The van der Waals surface area contributed by atoms with Crippen molar-refractivity contribution in [2.24, 2.45) is 0 Å². The second kappa shape index (κ2) is 8.08. The second-order valence-corrected chi connectivity index (χ2v) is 6.88. The van der Waals surface area contributed by atoms with Crippen LogP contribution in [0, 0.1) is 0 Å². The highest BCUT2D eigenvalue weighted by molar-refractivity contribution is 6.01. The van der Waals surface area contributed by atoms with Gasteiger partial charge in [0.1, 0.15) is 12.1 Å². The lowest BCUT2D eigenvalue weighted by Gasteiger charge is -1.99. The van der Waals surface area contributed by atoms with Gasteiger partial charge in [0, 0.05) is 5.39 Å². The smallest absolute Gasteiger partial charge is 0.353 e. The van der Waals surface area contributed by atoms with Gasteiger partial charge < -0.3 is 21.4 Å². The highest BCUT2D eigenvalue weighted by atomic mass is 79.9. The van der Waals surface area contributed by atoms with Crippen molar-refractivity contribution in [3.05, 3.63) is 113 Å². The number of imidazole rings is 1. The first-order chi connectivity index (χ1) is 14.2. The fraction of sp³-hybridized carbons (Fsp3) is 0.0417. The molecule has 0 spiro atoms. The Morgan fingerprint density at radius 2 is 1.60 bits per heavy atom. The molecule has 30 heavy (non-hydrogen) atoms. The van der Waals surface area contributed by atoms with Crippen LogP contribution in [-0.4, -0.2) is 10.5 Å². The lowest BCUT2D eigenvalue weighted by molar-refractivity contribution is -0.662. The number of carbonyl (C=O) groups is 1. The average Bonchev–Trinajstić information content (AvgIpc) is 3.12. The van der Waals surface area contributed by atoms with Gasteiger partial charge in [0.05, 0.1) is 0 Å². The number of halogens is 1. The van der Waals surface area contributed by atoms with Crippen molar-refractivity contribution in [3.8, 4) is 0 Å². The molecule has 148 valence electrons. The highest BCUT2D eigenvalue weighted by Crippen LogP contribution is 2.16. The van der Waals surface area contributed by atoms with E-state index in [0.717, 1.165) is 16.6 Å². The quantitative estimate of drug-likeness (QED) is 0.295. The third-order valence-electron chi connectivity index (χ3n) is 4.99. The third-order valence-corrected chi connectivity index (χ3v) is 4.99. The van der Waals surface area contributed by atoms with Gasteiger partial charge >= 0.3 is 11.5 Å². The van der Waals surface area contributed by atoms with Gasteiger partial charge in [-0.25, -0.2) is 14.2 Å². The molecule has 0 saturated carbocycles. The van der Waals surface area contributed by atoms with Gasteiger partial charge in [0.15, 0.2) is 16.6 Å². The van der Waals surface area contributed by atoms with E-state index in [1.54, 1.807) is 24.5 Å². The van der Waals surface area contributed by atoms with E-state index < -0.39 is 11.5 Å². The molecule has 0 aliphatic heterocycles. The minimum absolute atomic E-state index is 0. The average molecular weight is 461 g/mol. The molecule has 0 unspecified atom stereocenters. The van der Waals surface area contributed by atoms with Crippen molar-refractivity contribution in [3.63, 3.8) is 0 Å². The SMILES string of the molecule is O=C(c1cc2ccccc2oc1=O)n1c[n+](Cc2ccccc2)c2ccccc21.[Br-]. The molecule has 2 heterocycles. The van der Waals surface area contributed by atoms with E-state index in [1.807, 2.05) is 71.3 Å². The van der Waals surface area contributed by atoms with E-state index in [4.69, 9.17) is 4.42 Å². The maximum atomic E-state index is 13.3. The molecule has 6 heteroatoms. The first-order valence-electron chi connectivity index (χ1n) is 9.32. The highest BCUT2D eigenvalue weighted by Gasteiger charge is 2.25. The number of rotatable bonds is 3. The van der Waals surface area contributed by atoms with Crippen molar-refractivity contribution >= 4 is 27.9 Å². The first-order valence-corrected chi connectivity index (χ1v) is 9.32. The number of benzene rings is 3. The number of hydrogen-bond donors (Lipinski definition) is 0. The largest absolute Gasteiger partial charge is 1.00 e. The zero-order valence-electron chi connectivity index (χ0n) is 15.9. The Kier molecular flexibility index (Phi) is 5.33. The van der Waals surface area contributed by atoms with Gasteiger partial charge in [-0.1, -0.05) is 60.7 Å². The molecule has 0 aliphatic carbocycles. The molecular formula is C24H17BrN2O3. The molecule has 0 fully saturated rings. The Balaban J connectivity index is 0.00000218. The van der Waals surface area contributed by atoms with Crippen LogP contribution in [0.5, 0.6) is 0 Å². The predicted molar refractivity (Wildman–Crippen MR) is 110 cm³/mol. The summed E-state index contributed by atoms with van der Waals surface area (Å²) >= 11 is 0. The first kappa shape index (κ1) is 19.8. The standard InChI is InChI=1S/C24H17N2O3.BrH/c27-23(19-14-18-10-4-7-13-22(18)29-24(19)28)26-16-25(15-17-8-2-1-3-9-17)20-11-5-6-12-21(20)26;/h1-14,16H,15H2;1H/q+1;/p-1. The van der Waals surface area contributed by atoms with Crippen LogP contribution >= 0.6 is 0 Å². The minimum atomic E-state index is -0.638. The number of hydrogen-bond acceptors (Lipinski definition) is 3. The van der Waals surface area contributed by atoms with Crippen LogP contribution in [0.4, 0.5) is 0 Å². The van der Waals surface area contributed by atoms with Crippen LogP contribution in [-0.2, 0) is 6.54 Å². The zero-order valence-corrected chi connectivity index (χ0v) is 17.5. The number of fused-ring (bicyclic) bond motifs is 2. The fourth-order valence-corrected chi connectivity index (χ4v) is 3.58. The molecule has 5 rings (SSSR count). The maximum Gasteiger partial charge on any atom is 0.353 e. The van der Waals surface area contributed by atoms with Crippen molar-refractivity contribution < 1.29 is 30.8 Å². The molecule has 3 aromatic carbocycles. The van der Waals surface area contributed by atoms with E-state index in [9.17, 15) is 9.59 Å². The Labute approximate surface area is 182 Å². The van der Waals surface area contributed by atoms with Gasteiger partial charge in [0.25, 0.3) is 6.33 Å². The normalized spacial score (nSPS) is 10.8. The van der Waals surface area contributed by atoms with E-state index in [2.05, 4.69) is 0 Å². The van der Waals surface area contributed by atoms with Gasteiger partial charge in [0.2, 0.25) is 0 Å². The molecule has 0 atom stereocenters. The van der Waals surface area contributed by atoms with Crippen LogP contribution in [0.2, 0.25) is 0 Å². The zero-order chi connectivity index (χ0) is 19.8. The lowest BCUT2D eigenvalue weighted by Crippen LogP contribution is -3.00. The van der Waals surface area contributed by atoms with Gasteiger partial charge in [-0.05, 0) is 29.8 Å². The number of carbonyl (C=O) groups excluding carboxylic acids is 1. The summed E-state index contributed by atoms with van der Waals surface area (Å²) < 4.78 is 8.87. The topological polar surface area (TPSA) is 56.1 Å². The summed E-state index contributed by atoms with van der Waals surface area (Å²) in [6, 6.07) is 26.4. The van der Waals surface area contributed by atoms with Gasteiger partial charge in [-0.2, -0.15) is 4.57 Å². The van der Waals surface area contributed by atoms with Gasteiger partial charge in [-0.3, -0.25) is 0 Å². The number of para-hydroxylation sites is 3. The van der Waals surface area contributed by atoms with E-state index in [1.165, 1.54) is 4.57 Å². The Morgan fingerprint density at radius 1 is 0.900 bits per heavy atom. The Bertz CT molecular complexity index is 1420. The van der Waals surface area contributed by atoms with Gasteiger partial charge in [-0.15, -0.1) is 0 Å². The summed E-state index contributed by atoms with van der Waals surface area (Å²) in [6.07, 6.45) is 1.74. The molecule has 5 nitrogen and oxygen atoms in total. The second-order valence-electron chi connectivity index (χ2n) is 6.88. The van der Waals surface area contributed by atoms with Crippen molar-refractivity contribution in [2.45, 2.75) is 6.54 Å². The third kappa shape index (κ3) is 3.46. The molecule has 0 N–H and O–H groups in total. The van der Waals surface area contributed by atoms with E-state index in [0.29, 0.717) is 17.5 Å². The lowest BCUT2D eigenvalue weighted by atomic mass is 10.2. The van der Waals surface area contributed by atoms with Crippen LogP contribution in [0.25, 0.3) is 22.0 Å². The molecule has 2 aromatic heterocycles. The van der Waals surface area contributed by atoms with Crippen LogP contribution in [0.3, 0.4) is 0 Å². The van der Waals surface area contributed by atoms with Crippen molar-refractivity contribution in [1.82, 2.24) is 4.57 Å². The number of nitrogens with zero attached hydrogens (tertiary/aromatic N) is 2. The summed E-state index contributed by atoms with van der Waals surface area (Å²) in [5, 5.41) is 0.712.